The second-order valence-electron chi connectivity index (χ2n) is 14.2. The zero-order chi connectivity index (χ0) is 28.8. The molecule has 7 rings (SSSR count). The van der Waals surface area contributed by atoms with Gasteiger partial charge in [0.25, 0.3) is 5.91 Å². The maximum absolute atomic E-state index is 16.1. The molecule has 3 saturated heterocycles. The van der Waals surface area contributed by atoms with Crippen molar-refractivity contribution in [1.82, 2.24) is 20.0 Å². The SMILES string of the molecule is CC1CCCCN1CCCNC1C(F)CC2C(=O)C(C(=O)N3CCOCC3)=CN3C4C(CCC5CCCCC54)OC1C23. The number of hydrogen-bond donors (Lipinski definition) is 1. The fourth-order valence-corrected chi connectivity index (χ4v) is 9.78. The molecule has 9 heteroatoms. The number of fused-ring (bicyclic) bond motifs is 4. The van der Waals surface area contributed by atoms with E-state index in [9.17, 15) is 9.59 Å². The quantitative estimate of drug-likeness (QED) is 0.378. The summed E-state index contributed by atoms with van der Waals surface area (Å²) in [5.74, 6) is 0.235. The first-order valence-electron chi connectivity index (χ1n) is 17.2. The molecule has 3 aliphatic carbocycles. The third-order valence-electron chi connectivity index (χ3n) is 12.0. The highest BCUT2D eigenvalue weighted by molar-refractivity contribution is 6.20. The number of piperidine rings is 1. The highest BCUT2D eigenvalue weighted by atomic mass is 19.1. The number of nitrogens with zero attached hydrogens (tertiary/aromatic N) is 3. The Morgan fingerprint density at radius 3 is 2.67 bits per heavy atom. The van der Waals surface area contributed by atoms with Gasteiger partial charge in [0.05, 0.1) is 49.1 Å². The average Bonchev–Trinajstić information content (AvgIpc) is 3.02. The number of halogens is 1. The van der Waals surface area contributed by atoms with Gasteiger partial charge in [0.15, 0.2) is 5.78 Å². The Bertz CT molecular complexity index is 1040. The smallest absolute Gasteiger partial charge is 0.259 e. The van der Waals surface area contributed by atoms with E-state index in [1.54, 1.807) is 4.90 Å². The molecule has 1 amide bonds. The Kier molecular flexibility index (Phi) is 8.65. The third kappa shape index (κ3) is 5.34. The first-order valence-corrected chi connectivity index (χ1v) is 17.2. The Balaban J connectivity index is 1.14. The number of carbonyl (C=O) groups is 2. The van der Waals surface area contributed by atoms with E-state index >= 15 is 4.39 Å². The number of Topliss-reactive ketones (excluding diaryl/α,β-unsaturated/α-hetero) is 1. The van der Waals surface area contributed by atoms with Gasteiger partial charge in [-0.15, -0.1) is 0 Å². The van der Waals surface area contributed by atoms with Gasteiger partial charge in [-0.2, -0.15) is 0 Å². The summed E-state index contributed by atoms with van der Waals surface area (Å²) >= 11 is 0. The normalized spacial score (nSPS) is 42.3. The molecule has 234 valence electrons. The predicted octanol–water partition coefficient (Wildman–Crippen LogP) is 3.30. The highest BCUT2D eigenvalue weighted by Gasteiger charge is 2.60. The molecule has 6 fully saturated rings. The van der Waals surface area contributed by atoms with E-state index < -0.39 is 24.2 Å². The Hall–Kier alpha value is -1.55. The fourth-order valence-electron chi connectivity index (χ4n) is 9.78. The second kappa shape index (κ2) is 12.4. The lowest BCUT2D eigenvalue weighted by molar-refractivity contribution is -0.215. The largest absolute Gasteiger partial charge is 0.378 e. The molecule has 8 nitrogen and oxygen atoms in total. The first-order chi connectivity index (χ1) is 20.5. The molecule has 0 aromatic carbocycles. The molecule has 0 bridgehead atoms. The van der Waals surface area contributed by atoms with Gasteiger partial charge < -0.3 is 29.5 Å². The van der Waals surface area contributed by atoms with Crippen LogP contribution < -0.4 is 5.32 Å². The van der Waals surface area contributed by atoms with Crippen molar-refractivity contribution in [3.05, 3.63) is 11.8 Å². The van der Waals surface area contributed by atoms with E-state index in [0.29, 0.717) is 44.2 Å². The van der Waals surface area contributed by atoms with Crippen molar-refractivity contribution in [1.29, 1.82) is 0 Å². The number of amides is 1. The highest BCUT2D eigenvalue weighted by Crippen LogP contribution is 2.51. The van der Waals surface area contributed by atoms with Crippen molar-refractivity contribution in [2.75, 3.05) is 45.9 Å². The monoisotopic (exact) mass is 586 g/mol. The van der Waals surface area contributed by atoms with Crippen LogP contribution in [0.5, 0.6) is 0 Å². The van der Waals surface area contributed by atoms with Crippen molar-refractivity contribution >= 4 is 11.7 Å². The molecule has 10 atom stereocenters. The van der Waals surface area contributed by atoms with Crippen LogP contribution in [-0.4, -0.2) is 115 Å². The van der Waals surface area contributed by atoms with Gasteiger partial charge in [0, 0.05) is 31.2 Å². The van der Waals surface area contributed by atoms with Gasteiger partial charge >= 0.3 is 0 Å². The fraction of sp³-hybridized carbons (Fsp3) is 0.879. The minimum Gasteiger partial charge on any atom is -0.378 e. The summed E-state index contributed by atoms with van der Waals surface area (Å²) < 4.78 is 28.6. The zero-order valence-corrected chi connectivity index (χ0v) is 25.4. The molecule has 4 aliphatic heterocycles. The van der Waals surface area contributed by atoms with E-state index in [4.69, 9.17) is 9.47 Å². The summed E-state index contributed by atoms with van der Waals surface area (Å²) in [6.45, 7) is 7.22. The van der Waals surface area contributed by atoms with Crippen molar-refractivity contribution in [2.24, 2.45) is 17.8 Å². The van der Waals surface area contributed by atoms with E-state index in [2.05, 4.69) is 22.0 Å². The molecule has 0 spiro atoms. The van der Waals surface area contributed by atoms with Crippen LogP contribution >= 0.6 is 0 Å². The number of hydrogen-bond acceptors (Lipinski definition) is 7. The molecule has 4 heterocycles. The van der Waals surface area contributed by atoms with Gasteiger partial charge in [0.1, 0.15) is 6.17 Å². The third-order valence-corrected chi connectivity index (χ3v) is 12.0. The first kappa shape index (κ1) is 29.2. The Labute approximate surface area is 250 Å². The topological polar surface area (TPSA) is 74.4 Å². The molecule has 42 heavy (non-hydrogen) atoms. The maximum atomic E-state index is 16.1. The van der Waals surface area contributed by atoms with Crippen LogP contribution in [0.1, 0.15) is 77.6 Å². The Morgan fingerprint density at radius 2 is 1.83 bits per heavy atom. The van der Waals surface area contributed by atoms with Crippen LogP contribution in [0.3, 0.4) is 0 Å². The van der Waals surface area contributed by atoms with Crippen molar-refractivity contribution in [3.63, 3.8) is 0 Å². The van der Waals surface area contributed by atoms with Crippen LogP contribution in [0, 0.1) is 17.8 Å². The van der Waals surface area contributed by atoms with Crippen molar-refractivity contribution in [3.8, 4) is 0 Å². The summed E-state index contributed by atoms with van der Waals surface area (Å²) in [4.78, 5) is 34.4. The number of carbonyl (C=O) groups excluding carboxylic acids is 2. The van der Waals surface area contributed by atoms with Crippen LogP contribution in [0.25, 0.3) is 0 Å². The molecule has 10 unspecified atom stereocenters. The number of nitrogens with one attached hydrogen (secondary N) is 1. The van der Waals surface area contributed by atoms with Crippen molar-refractivity contribution < 1.29 is 23.5 Å². The van der Waals surface area contributed by atoms with Gasteiger partial charge in [-0.1, -0.05) is 25.7 Å². The molecule has 0 aromatic rings. The molecule has 7 aliphatic rings. The molecule has 3 saturated carbocycles. The molecule has 0 aromatic heterocycles. The van der Waals surface area contributed by atoms with E-state index in [0.717, 1.165) is 38.9 Å². The van der Waals surface area contributed by atoms with Crippen LogP contribution in [-0.2, 0) is 19.1 Å². The summed E-state index contributed by atoms with van der Waals surface area (Å²) in [5, 5.41) is 3.59. The molecule has 0 radical (unpaired) electrons. The minimum atomic E-state index is -1.18. The van der Waals surface area contributed by atoms with Crippen LogP contribution in [0.15, 0.2) is 11.8 Å². The number of likely N-dealkylation sites (tertiary alicyclic amines) is 1. The minimum absolute atomic E-state index is 0.0132. The molecule has 1 N–H and O–H groups in total. The maximum Gasteiger partial charge on any atom is 0.259 e. The van der Waals surface area contributed by atoms with Gasteiger partial charge in [-0.3, -0.25) is 9.59 Å². The lowest BCUT2D eigenvalue weighted by Gasteiger charge is -2.62. The number of ketones is 1. The lowest BCUT2D eigenvalue weighted by Crippen LogP contribution is -2.74. The van der Waals surface area contributed by atoms with Gasteiger partial charge in [0.2, 0.25) is 0 Å². The Morgan fingerprint density at radius 1 is 1.02 bits per heavy atom. The van der Waals surface area contributed by atoms with E-state index in [1.807, 2.05) is 6.20 Å². The zero-order valence-electron chi connectivity index (χ0n) is 25.4. The average molecular weight is 587 g/mol. The molecular formula is C33H51FN4O4. The molecular weight excluding hydrogens is 535 g/mol. The summed E-state index contributed by atoms with van der Waals surface area (Å²) in [6, 6.07) is 0.132. The van der Waals surface area contributed by atoms with E-state index in [-0.39, 0.29) is 41.9 Å². The van der Waals surface area contributed by atoms with E-state index in [1.165, 1.54) is 44.9 Å². The summed E-state index contributed by atoms with van der Waals surface area (Å²) in [5.41, 5.74) is 0.254. The standard InChI is InChI=1S/C33H51FN4O4/c1-21-7-4-5-13-36(21)14-6-12-35-28-26(34)19-24-30-32(28)42-27-11-10-22-8-2-3-9-23(22)29(27)38(30)20-25(31(24)39)33(40)37-15-17-41-18-16-37/h20-24,26-30,32,35H,2-19H2,1H3. The second-order valence-corrected chi connectivity index (χ2v) is 14.2. The predicted molar refractivity (Wildman–Crippen MR) is 158 cm³/mol. The number of alkyl halides is 1. The number of ether oxygens (including phenoxy) is 2. The van der Waals surface area contributed by atoms with Crippen LogP contribution in [0.4, 0.5) is 4.39 Å². The summed E-state index contributed by atoms with van der Waals surface area (Å²) in [6.07, 6.45) is 12.4. The van der Waals surface area contributed by atoms with Gasteiger partial charge in [-0.25, -0.2) is 4.39 Å². The van der Waals surface area contributed by atoms with Crippen LogP contribution in [0.2, 0.25) is 0 Å². The van der Waals surface area contributed by atoms with Crippen molar-refractivity contribution in [2.45, 2.75) is 120 Å². The van der Waals surface area contributed by atoms with Gasteiger partial charge in [-0.05, 0) is 83.3 Å². The lowest BCUT2D eigenvalue weighted by atomic mass is 9.63. The summed E-state index contributed by atoms with van der Waals surface area (Å²) in [7, 11) is 0. The number of morpholine rings is 2. The number of rotatable bonds is 6.